The molecule has 0 bridgehead atoms. The van der Waals surface area contributed by atoms with E-state index < -0.39 is 6.10 Å². The molecule has 6 nitrogen and oxygen atoms in total. The molecule has 0 saturated heterocycles. The van der Waals surface area contributed by atoms with Crippen LogP contribution in [0, 0.1) is 13.8 Å². The molecule has 136 valence electrons. The Hall–Kier alpha value is -3.02. The summed E-state index contributed by atoms with van der Waals surface area (Å²) in [6.07, 6.45) is -0.649. The van der Waals surface area contributed by atoms with Crippen molar-refractivity contribution >= 4 is 23.2 Å². The lowest BCUT2D eigenvalue weighted by molar-refractivity contribution is -0.127. The molecule has 26 heavy (non-hydrogen) atoms. The van der Waals surface area contributed by atoms with Gasteiger partial charge in [0.25, 0.3) is 5.91 Å². The van der Waals surface area contributed by atoms with Crippen LogP contribution in [-0.2, 0) is 9.59 Å². The second-order valence-corrected chi connectivity index (χ2v) is 6.49. The van der Waals surface area contributed by atoms with Gasteiger partial charge in [0.15, 0.2) is 6.10 Å². The van der Waals surface area contributed by atoms with Crippen LogP contribution in [0.4, 0.5) is 11.4 Å². The highest BCUT2D eigenvalue weighted by Gasteiger charge is 2.30. The molecule has 0 aliphatic carbocycles. The predicted octanol–water partition coefficient (Wildman–Crippen LogP) is 2.26. The molecule has 0 fully saturated rings. The fourth-order valence-corrected chi connectivity index (χ4v) is 3.17. The Kier molecular flexibility index (Phi) is 5.11. The number of ether oxygens (including phenoxy) is 1. The number of fused-ring (bicyclic) bond motifs is 1. The van der Waals surface area contributed by atoms with Crippen molar-refractivity contribution in [2.24, 2.45) is 0 Å². The highest BCUT2D eigenvalue weighted by atomic mass is 16.5. The Morgan fingerprint density at radius 2 is 1.85 bits per heavy atom. The normalized spacial score (nSPS) is 15.7. The molecule has 1 aliphatic heterocycles. The first-order chi connectivity index (χ1) is 12.5. The maximum atomic E-state index is 12.6. The summed E-state index contributed by atoms with van der Waals surface area (Å²) < 4.78 is 5.76. The van der Waals surface area contributed by atoms with Crippen LogP contribution in [0.15, 0.2) is 42.5 Å². The Morgan fingerprint density at radius 1 is 1.15 bits per heavy atom. The Bertz CT molecular complexity index is 815. The topological polar surface area (TPSA) is 70.7 Å². The number of hydrogen-bond acceptors (Lipinski definition) is 4. The summed E-state index contributed by atoms with van der Waals surface area (Å²) >= 11 is 0. The SMILES string of the molecule is CNC(=O)C1CN(CC(=O)Nc2cc(C)cc(C)c2)c2ccccc2O1. The van der Waals surface area contributed by atoms with E-state index >= 15 is 0 Å². The lowest BCUT2D eigenvalue weighted by Crippen LogP contribution is -2.50. The molecule has 3 rings (SSSR count). The number of nitrogens with one attached hydrogen (secondary N) is 2. The number of anilines is 2. The zero-order valence-corrected chi connectivity index (χ0v) is 15.2. The lowest BCUT2D eigenvalue weighted by Gasteiger charge is -2.35. The maximum absolute atomic E-state index is 12.6. The number of amides is 2. The molecule has 1 heterocycles. The van der Waals surface area contributed by atoms with Crippen LogP contribution < -0.4 is 20.3 Å². The minimum absolute atomic E-state index is 0.137. The van der Waals surface area contributed by atoms with Crippen molar-refractivity contribution in [1.82, 2.24) is 5.32 Å². The summed E-state index contributed by atoms with van der Waals surface area (Å²) in [5.41, 5.74) is 3.77. The average molecular weight is 353 g/mol. The van der Waals surface area contributed by atoms with Gasteiger partial charge in [-0.05, 0) is 49.2 Å². The lowest BCUT2D eigenvalue weighted by atomic mass is 10.1. The van der Waals surface area contributed by atoms with Gasteiger partial charge in [0, 0.05) is 12.7 Å². The van der Waals surface area contributed by atoms with E-state index in [4.69, 9.17) is 4.74 Å². The van der Waals surface area contributed by atoms with Gasteiger partial charge in [0.1, 0.15) is 5.75 Å². The number of benzene rings is 2. The number of rotatable bonds is 4. The van der Waals surface area contributed by atoms with Crippen molar-refractivity contribution in [3.63, 3.8) is 0 Å². The summed E-state index contributed by atoms with van der Waals surface area (Å²) in [6.45, 7) is 4.45. The third-order valence-electron chi connectivity index (χ3n) is 4.24. The van der Waals surface area contributed by atoms with Crippen LogP contribution in [0.5, 0.6) is 5.75 Å². The first kappa shape index (κ1) is 17.8. The largest absolute Gasteiger partial charge is 0.477 e. The second kappa shape index (κ2) is 7.47. The number of nitrogens with zero attached hydrogens (tertiary/aromatic N) is 1. The van der Waals surface area contributed by atoms with E-state index in [1.54, 1.807) is 13.1 Å². The average Bonchev–Trinajstić information content (AvgIpc) is 2.59. The van der Waals surface area contributed by atoms with E-state index in [1.807, 2.05) is 49.1 Å². The zero-order valence-electron chi connectivity index (χ0n) is 15.2. The first-order valence-electron chi connectivity index (χ1n) is 8.56. The molecule has 1 unspecified atom stereocenters. The van der Waals surface area contributed by atoms with Crippen LogP contribution >= 0.6 is 0 Å². The number of hydrogen-bond donors (Lipinski definition) is 2. The van der Waals surface area contributed by atoms with Crippen molar-refractivity contribution in [3.8, 4) is 5.75 Å². The standard InChI is InChI=1S/C20H23N3O3/c1-13-8-14(2)10-15(9-13)22-19(24)12-23-11-18(20(25)21-3)26-17-7-5-4-6-16(17)23/h4-10,18H,11-12H2,1-3H3,(H,21,25)(H,22,24). The second-order valence-electron chi connectivity index (χ2n) is 6.49. The monoisotopic (exact) mass is 353 g/mol. The van der Waals surface area contributed by atoms with Gasteiger partial charge in [-0.15, -0.1) is 0 Å². The number of para-hydroxylation sites is 2. The molecule has 2 amide bonds. The molecular formula is C20H23N3O3. The van der Waals surface area contributed by atoms with Crippen LogP contribution in [0.3, 0.4) is 0 Å². The molecule has 0 saturated carbocycles. The summed E-state index contributed by atoms with van der Waals surface area (Å²) in [6, 6.07) is 13.4. The molecular weight excluding hydrogens is 330 g/mol. The van der Waals surface area contributed by atoms with Gasteiger partial charge in [-0.2, -0.15) is 0 Å². The van der Waals surface area contributed by atoms with Crippen LogP contribution in [-0.4, -0.2) is 38.1 Å². The van der Waals surface area contributed by atoms with Crippen LogP contribution in [0.1, 0.15) is 11.1 Å². The highest BCUT2D eigenvalue weighted by Crippen LogP contribution is 2.33. The summed E-state index contributed by atoms with van der Waals surface area (Å²) in [5.74, 6) is 0.258. The third-order valence-corrected chi connectivity index (χ3v) is 4.24. The first-order valence-corrected chi connectivity index (χ1v) is 8.56. The summed E-state index contributed by atoms with van der Waals surface area (Å²) in [5, 5.41) is 5.54. The molecule has 0 radical (unpaired) electrons. The van der Waals surface area contributed by atoms with Gasteiger partial charge >= 0.3 is 0 Å². The number of likely N-dealkylation sites (N-methyl/N-ethyl adjacent to an activating group) is 1. The van der Waals surface area contributed by atoms with Gasteiger partial charge in [0.2, 0.25) is 5.91 Å². The van der Waals surface area contributed by atoms with E-state index in [-0.39, 0.29) is 18.4 Å². The molecule has 2 aromatic rings. The van der Waals surface area contributed by atoms with E-state index in [0.717, 1.165) is 22.5 Å². The number of carbonyl (C=O) groups excluding carboxylic acids is 2. The molecule has 0 aromatic heterocycles. The van der Waals surface area contributed by atoms with Gasteiger partial charge in [-0.1, -0.05) is 18.2 Å². The van der Waals surface area contributed by atoms with E-state index in [2.05, 4.69) is 16.7 Å². The Morgan fingerprint density at radius 3 is 2.54 bits per heavy atom. The van der Waals surface area contributed by atoms with Crippen LogP contribution in [0.25, 0.3) is 0 Å². The van der Waals surface area contributed by atoms with Gasteiger partial charge in [-0.3, -0.25) is 9.59 Å². The van der Waals surface area contributed by atoms with Crippen molar-refractivity contribution < 1.29 is 14.3 Å². The van der Waals surface area contributed by atoms with E-state index in [1.165, 1.54) is 0 Å². The van der Waals surface area contributed by atoms with Crippen LogP contribution in [0.2, 0.25) is 0 Å². The molecule has 1 aliphatic rings. The fraction of sp³-hybridized carbons (Fsp3) is 0.300. The zero-order chi connectivity index (χ0) is 18.7. The number of aryl methyl sites for hydroxylation is 2. The number of carbonyl (C=O) groups is 2. The van der Waals surface area contributed by atoms with Crippen molar-refractivity contribution in [1.29, 1.82) is 0 Å². The molecule has 1 atom stereocenters. The molecule has 2 N–H and O–H groups in total. The van der Waals surface area contributed by atoms with Gasteiger partial charge in [-0.25, -0.2) is 0 Å². The smallest absolute Gasteiger partial charge is 0.262 e. The molecule has 0 spiro atoms. The minimum atomic E-state index is -0.649. The molecule has 6 heteroatoms. The van der Waals surface area contributed by atoms with Gasteiger partial charge in [0.05, 0.1) is 18.8 Å². The maximum Gasteiger partial charge on any atom is 0.262 e. The van der Waals surface area contributed by atoms with E-state index in [9.17, 15) is 9.59 Å². The minimum Gasteiger partial charge on any atom is -0.477 e. The van der Waals surface area contributed by atoms with Crippen molar-refractivity contribution in [3.05, 3.63) is 53.6 Å². The van der Waals surface area contributed by atoms with Crippen molar-refractivity contribution in [2.45, 2.75) is 20.0 Å². The van der Waals surface area contributed by atoms with Crippen molar-refractivity contribution in [2.75, 3.05) is 30.4 Å². The Labute approximate surface area is 153 Å². The third kappa shape index (κ3) is 3.96. The Balaban J connectivity index is 1.76. The quantitative estimate of drug-likeness (QED) is 0.885. The highest BCUT2D eigenvalue weighted by molar-refractivity contribution is 5.95. The fourth-order valence-electron chi connectivity index (χ4n) is 3.17. The summed E-state index contributed by atoms with van der Waals surface area (Å²) in [4.78, 5) is 26.4. The predicted molar refractivity (Wildman–Crippen MR) is 102 cm³/mol. The summed E-state index contributed by atoms with van der Waals surface area (Å²) in [7, 11) is 1.57. The van der Waals surface area contributed by atoms with E-state index in [0.29, 0.717) is 12.3 Å². The van der Waals surface area contributed by atoms with Gasteiger partial charge < -0.3 is 20.3 Å². The molecule has 2 aromatic carbocycles.